The van der Waals surface area contributed by atoms with Crippen LogP contribution < -0.4 is 9.64 Å². The van der Waals surface area contributed by atoms with Crippen molar-refractivity contribution in [2.45, 2.75) is 18.9 Å². The van der Waals surface area contributed by atoms with Gasteiger partial charge < -0.3 is 14.7 Å². The normalized spacial score (nSPS) is 23.5. The van der Waals surface area contributed by atoms with E-state index in [-0.39, 0.29) is 6.10 Å². The molecule has 2 unspecified atom stereocenters. The van der Waals surface area contributed by atoms with Crippen LogP contribution in [-0.4, -0.2) is 49.8 Å². The zero-order valence-electron chi connectivity index (χ0n) is 15.5. The van der Waals surface area contributed by atoms with Gasteiger partial charge in [0, 0.05) is 32.7 Å². The van der Waals surface area contributed by atoms with E-state index in [9.17, 15) is 5.11 Å². The highest BCUT2D eigenvalue weighted by Crippen LogP contribution is 2.34. The van der Waals surface area contributed by atoms with Crippen molar-refractivity contribution in [2.24, 2.45) is 5.92 Å². The lowest BCUT2D eigenvalue weighted by Gasteiger charge is -2.39. The van der Waals surface area contributed by atoms with Crippen LogP contribution in [0, 0.1) is 5.92 Å². The Morgan fingerprint density at radius 2 is 1.73 bits per heavy atom. The molecular formula is C22H28N2O2. The first-order chi connectivity index (χ1) is 12.7. The first kappa shape index (κ1) is 17.4. The summed E-state index contributed by atoms with van der Waals surface area (Å²) in [4.78, 5) is 4.97. The molecule has 1 heterocycles. The Kier molecular flexibility index (Phi) is 5.14. The SMILES string of the molecule is COc1ccccc1N1CCN(CC2Cc3ccccc3C(O)C2)CC1. The Balaban J connectivity index is 1.35. The van der Waals surface area contributed by atoms with E-state index in [1.807, 2.05) is 18.2 Å². The summed E-state index contributed by atoms with van der Waals surface area (Å²) in [5.74, 6) is 1.49. The molecule has 1 fully saturated rings. The molecule has 1 aliphatic heterocycles. The van der Waals surface area contributed by atoms with E-state index in [4.69, 9.17) is 4.74 Å². The Hall–Kier alpha value is -2.04. The second-order valence-electron chi connectivity index (χ2n) is 7.48. The Bertz CT molecular complexity index is 740. The molecule has 0 spiro atoms. The van der Waals surface area contributed by atoms with E-state index in [0.717, 1.165) is 56.9 Å². The summed E-state index contributed by atoms with van der Waals surface area (Å²) in [6, 6.07) is 16.6. The molecule has 0 bridgehead atoms. The van der Waals surface area contributed by atoms with E-state index in [2.05, 4.69) is 40.1 Å². The lowest BCUT2D eigenvalue weighted by Crippen LogP contribution is -2.48. The van der Waals surface area contributed by atoms with Crippen LogP contribution in [0.4, 0.5) is 5.69 Å². The predicted octanol–water partition coefficient (Wildman–Crippen LogP) is 3.11. The third-order valence-electron chi connectivity index (χ3n) is 5.79. The molecule has 2 aliphatic rings. The maximum absolute atomic E-state index is 10.5. The van der Waals surface area contributed by atoms with E-state index in [1.165, 1.54) is 11.3 Å². The number of fused-ring (bicyclic) bond motifs is 1. The van der Waals surface area contributed by atoms with Gasteiger partial charge >= 0.3 is 0 Å². The number of ether oxygens (including phenoxy) is 1. The minimum atomic E-state index is -0.306. The third kappa shape index (κ3) is 3.57. The Morgan fingerprint density at radius 3 is 2.54 bits per heavy atom. The van der Waals surface area contributed by atoms with Gasteiger partial charge in [0.25, 0.3) is 0 Å². The molecule has 0 amide bonds. The van der Waals surface area contributed by atoms with Gasteiger partial charge in [-0.3, -0.25) is 4.90 Å². The van der Waals surface area contributed by atoms with E-state index in [1.54, 1.807) is 7.11 Å². The molecule has 2 aromatic carbocycles. The smallest absolute Gasteiger partial charge is 0.142 e. The summed E-state index contributed by atoms with van der Waals surface area (Å²) < 4.78 is 5.51. The summed E-state index contributed by atoms with van der Waals surface area (Å²) in [5, 5.41) is 10.5. The van der Waals surface area contributed by atoms with Gasteiger partial charge in [-0.05, 0) is 42.0 Å². The summed E-state index contributed by atoms with van der Waals surface area (Å²) in [5.41, 5.74) is 3.64. The molecule has 138 valence electrons. The fraction of sp³-hybridized carbons (Fsp3) is 0.455. The Morgan fingerprint density at radius 1 is 1.00 bits per heavy atom. The summed E-state index contributed by atoms with van der Waals surface area (Å²) in [7, 11) is 1.74. The van der Waals surface area contributed by atoms with Crippen molar-refractivity contribution in [3.8, 4) is 5.75 Å². The molecule has 1 N–H and O–H groups in total. The predicted molar refractivity (Wildman–Crippen MR) is 105 cm³/mol. The number of aliphatic hydroxyl groups is 1. The number of nitrogens with zero attached hydrogens (tertiary/aromatic N) is 2. The second-order valence-corrected chi connectivity index (χ2v) is 7.48. The number of para-hydroxylation sites is 2. The van der Waals surface area contributed by atoms with Gasteiger partial charge in [-0.15, -0.1) is 0 Å². The molecule has 0 saturated carbocycles. The summed E-state index contributed by atoms with van der Waals surface area (Å²) in [6.07, 6.45) is 1.66. The average Bonchev–Trinajstić information content (AvgIpc) is 2.69. The number of benzene rings is 2. The van der Waals surface area contributed by atoms with Crippen molar-refractivity contribution in [1.82, 2.24) is 4.90 Å². The first-order valence-electron chi connectivity index (χ1n) is 9.61. The molecule has 4 heteroatoms. The van der Waals surface area contributed by atoms with Crippen molar-refractivity contribution < 1.29 is 9.84 Å². The lowest BCUT2D eigenvalue weighted by molar-refractivity contribution is 0.111. The summed E-state index contributed by atoms with van der Waals surface area (Å²) in [6.45, 7) is 5.24. The minimum absolute atomic E-state index is 0.306. The molecule has 4 rings (SSSR count). The van der Waals surface area contributed by atoms with Crippen LogP contribution in [-0.2, 0) is 6.42 Å². The highest BCUT2D eigenvalue weighted by Gasteiger charge is 2.28. The van der Waals surface area contributed by atoms with E-state index < -0.39 is 0 Å². The first-order valence-corrected chi connectivity index (χ1v) is 9.61. The number of hydrogen-bond acceptors (Lipinski definition) is 4. The van der Waals surface area contributed by atoms with Crippen LogP contribution in [0.2, 0.25) is 0 Å². The quantitative estimate of drug-likeness (QED) is 0.917. The largest absolute Gasteiger partial charge is 0.495 e. The van der Waals surface area contributed by atoms with Gasteiger partial charge in [-0.25, -0.2) is 0 Å². The van der Waals surface area contributed by atoms with Crippen LogP contribution in [0.5, 0.6) is 5.75 Å². The van der Waals surface area contributed by atoms with Gasteiger partial charge in [0.15, 0.2) is 0 Å². The zero-order chi connectivity index (χ0) is 17.9. The van der Waals surface area contributed by atoms with Crippen molar-refractivity contribution in [1.29, 1.82) is 0 Å². The van der Waals surface area contributed by atoms with Gasteiger partial charge in [-0.1, -0.05) is 36.4 Å². The van der Waals surface area contributed by atoms with Gasteiger partial charge in [0.2, 0.25) is 0 Å². The number of methoxy groups -OCH3 is 1. The molecule has 0 aromatic heterocycles. The number of hydrogen-bond donors (Lipinski definition) is 1. The van der Waals surface area contributed by atoms with Crippen molar-refractivity contribution >= 4 is 5.69 Å². The molecule has 0 radical (unpaired) electrons. The van der Waals surface area contributed by atoms with E-state index in [0.29, 0.717) is 5.92 Å². The number of piperazine rings is 1. The molecule has 4 nitrogen and oxygen atoms in total. The van der Waals surface area contributed by atoms with Crippen LogP contribution in [0.1, 0.15) is 23.7 Å². The number of anilines is 1. The van der Waals surface area contributed by atoms with Gasteiger partial charge in [0.1, 0.15) is 5.75 Å². The van der Waals surface area contributed by atoms with Crippen molar-refractivity contribution in [3.63, 3.8) is 0 Å². The topological polar surface area (TPSA) is 35.9 Å². The number of aliphatic hydroxyl groups excluding tert-OH is 1. The molecule has 2 aromatic rings. The fourth-order valence-corrected chi connectivity index (χ4v) is 4.45. The minimum Gasteiger partial charge on any atom is -0.495 e. The molecular weight excluding hydrogens is 324 g/mol. The van der Waals surface area contributed by atoms with Crippen LogP contribution in [0.25, 0.3) is 0 Å². The molecule has 2 atom stereocenters. The maximum Gasteiger partial charge on any atom is 0.142 e. The van der Waals surface area contributed by atoms with Crippen LogP contribution in [0.3, 0.4) is 0 Å². The third-order valence-corrected chi connectivity index (χ3v) is 5.79. The zero-order valence-corrected chi connectivity index (χ0v) is 15.5. The second kappa shape index (κ2) is 7.68. The van der Waals surface area contributed by atoms with Crippen molar-refractivity contribution in [2.75, 3.05) is 44.7 Å². The molecule has 1 aliphatic carbocycles. The highest BCUT2D eigenvalue weighted by atomic mass is 16.5. The fourth-order valence-electron chi connectivity index (χ4n) is 4.45. The lowest BCUT2D eigenvalue weighted by atomic mass is 9.82. The molecule has 26 heavy (non-hydrogen) atoms. The maximum atomic E-state index is 10.5. The van der Waals surface area contributed by atoms with Gasteiger partial charge in [0.05, 0.1) is 18.9 Å². The monoisotopic (exact) mass is 352 g/mol. The molecule has 1 saturated heterocycles. The van der Waals surface area contributed by atoms with Crippen molar-refractivity contribution in [3.05, 3.63) is 59.7 Å². The Labute approximate surface area is 156 Å². The standard InChI is InChI=1S/C22H28N2O2/c1-26-22-9-5-4-8-20(22)24-12-10-23(11-13-24)16-17-14-18-6-2-3-7-19(18)21(25)15-17/h2-9,17,21,25H,10-16H2,1H3. The summed E-state index contributed by atoms with van der Waals surface area (Å²) >= 11 is 0. The average molecular weight is 352 g/mol. The number of rotatable bonds is 4. The van der Waals surface area contributed by atoms with E-state index >= 15 is 0 Å². The van der Waals surface area contributed by atoms with Crippen LogP contribution in [0.15, 0.2) is 48.5 Å². The van der Waals surface area contributed by atoms with Crippen LogP contribution >= 0.6 is 0 Å². The highest BCUT2D eigenvalue weighted by molar-refractivity contribution is 5.58. The van der Waals surface area contributed by atoms with Gasteiger partial charge in [-0.2, -0.15) is 0 Å².